The van der Waals surface area contributed by atoms with Crippen LogP contribution in [-0.2, 0) is 30.9 Å². The monoisotopic (exact) mass is 672 g/mol. The normalized spacial score (nSPS) is 17.2. The Balaban J connectivity index is 1.32. The number of thiocarbonyl (C=S) groups is 1. The zero-order valence-corrected chi connectivity index (χ0v) is 27.6. The number of nitrogens with zero attached hydrogens (tertiary/aromatic N) is 4. The number of piperidine rings is 1. The highest BCUT2D eigenvalue weighted by atomic mass is 32.2. The summed E-state index contributed by atoms with van der Waals surface area (Å²) in [5.74, 6) is -0.775. The van der Waals surface area contributed by atoms with Crippen molar-refractivity contribution >= 4 is 56.3 Å². The lowest BCUT2D eigenvalue weighted by atomic mass is 9.98. The summed E-state index contributed by atoms with van der Waals surface area (Å²) in [6.45, 7) is 2.89. The van der Waals surface area contributed by atoms with E-state index in [2.05, 4.69) is 0 Å². The van der Waals surface area contributed by atoms with Crippen molar-refractivity contribution in [2.45, 2.75) is 31.2 Å². The molecule has 0 bridgehead atoms. The number of hydrogen-bond donors (Lipinski definition) is 0. The Kier molecular flexibility index (Phi) is 9.50. The molecule has 1 aromatic heterocycles. The topological polar surface area (TPSA) is 102 Å². The number of amides is 1. The number of carbonyl (C=O) groups excluding carboxylic acids is 2. The van der Waals surface area contributed by atoms with E-state index in [0.717, 1.165) is 11.3 Å². The number of sulfonamides is 1. The van der Waals surface area contributed by atoms with Gasteiger partial charge in [-0.05, 0) is 55.7 Å². The van der Waals surface area contributed by atoms with E-state index in [1.807, 2.05) is 72.9 Å². The molecule has 6 rings (SSSR count). The molecule has 4 aromatic rings. The highest BCUT2D eigenvalue weighted by molar-refractivity contribution is 8.26. The minimum atomic E-state index is -3.84. The number of carbonyl (C=O) groups is 2. The molecule has 1 amide bonds. The van der Waals surface area contributed by atoms with Gasteiger partial charge in [-0.3, -0.25) is 14.5 Å². The van der Waals surface area contributed by atoms with Crippen molar-refractivity contribution in [2.24, 2.45) is 5.92 Å². The number of ether oxygens (including phenoxy) is 1. The lowest BCUT2D eigenvalue weighted by molar-refractivity contribution is -0.149. The minimum Gasteiger partial charge on any atom is -0.466 e. The molecular weight excluding hydrogens is 641 g/mol. The van der Waals surface area contributed by atoms with Crippen LogP contribution in [-0.4, -0.2) is 63.3 Å². The second-order valence-corrected chi connectivity index (χ2v) is 14.5. The molecule has 2 saturated heterocycles. The highest BCUT2D eigenvalue weighted by Crippen LogP contribution is 2.36. The summed E-state index contributed by atoms with van der Waals surface area (Å²) in [4.78, 5) is 27.9. The molecule has 0 radical (unpaired) electrons. The van der Waals surface area contributed by atoms with Crippen LogP contribution in [0, 0.1) is 5.92 Å². The second kappa shape index (κ2) is 13.7. The van der Waals surface area contributed by atoms with Crippen molar-refractivity contribution in [1.29, 1.82) is 0 Å². The number of rotatable bonds is 9. The molecule has 2 fully saturated rings. The lowest BCUT2D eigenvalue weighted by Crippen LogP contribution is -2.40. The van der Waals surface area contributed by atoms with Crippen LogP contribution in [0.4, 0.5) is 0 Å². The van der Waals surface area contributed by atoms with E-state index in [4.69, 9.17) is 22.1 Å². The zero-order valence-electron chi connectivity index (χ0n) is 25.1. The molecule has 0 atom stereocenters. The van der Waals surface area contributed by atoms with E-state index >= 15 is 0 Å². The molecule has 0 unspecified atom stereocenters. The van der Waals surface area contributed by atoms with E-state index < -0.39 is 10.0 Å². The number of para-hydroxylation sites is 1. The molecule has 0 saturated carbocycles. The quantitative estimate of drug-likeness (QED) is 0.123. The molecule has 2 aliphatic heterocycles. The Morgan fingerprint density at radius 2 is 1.72 bits per heavy atom. The lowest BCUT2D eigenvalue weighted by Gasteiger charge is -2.30. The van der Waals surface area contributed by atoms with Gasteiger partial charge in [0.1, 0.15) is 10.0 Å². The summed E-state index contributed by atoms with van der Waals surface area (Å²) in [7, 11) is -3.84. The van der Waals surface area contributed by atoms with Crippen molar-refractivity contribution < 1.29 is 22.7 Å². The van der Waals surface area contributed by atoms with Crippen molar-refractivity contribution in [1.82, 2.24) is 19.0 Å². The fourth-order valence-corrected chi connectivity index (χ4v) is 8.28. The van der Waals surface area contributed by atoms with Gasteiger partial charge < -0.3 is 4.74 Å². The minimum absolute atomic E-state index is 0.133. The van der Waals surface area contributed by atoms with Crippen LogP contribution in [0.1, 0.15) is 30.9 Å². The van der Waals surface area contributed by atoms with Crippen LogP contribution in [0.15, 0.2) is 101 Å². The average Bonchev–Trinajstić information content (AvgIpc) is 3.62. The largest absolute Gasteiger partial charge is 0.466 e. The van der Waals surface area contributed by atoms with E-state index in [1.54, 1.807) is 40.8 Å². The third-order valence-electron chi connectivity index (χ3n) is 7.93. The maximum Gasteiger partial charge on any atom is 0.309 e. The first-order valence-corrected chi connectivity index (χ1v) is 17.6. The number of esters is 1. The first-order valence-electron chi connectivity index (χ1n) is 15.0. The summed E-state index contributed by atoms with van der Waals surface area (Å²) in [5.41, 5.74) is 3.54. The summed E-state index contributed by atoms with van der Waals surface area (Å²) >= 11 is 6.81. The number of aromatic nitrogens is 2. The summed E-state index contributed by atoms with van der Waals surface area (Å²) in [5, 5.41) is 4.85. The van der Waals surface area contributed by atoms with E-state index in [1.165, 1.54) is 16.1 Å². The van der Waals surface area contributed by atoms with E-state index in [-0.39, 0.29) is 35.8 Å². The van der Waals surface area contributed by atoms with Gasteiger partial charge >= 0.3 is 5.97 Å². The molecule has 2 aliphatic rings. The van der Waals surface area contributed by atoms with Crippen molar-refractivity contribution in [3.63, 3.8) is 0 Å². The number of hydrogen-bond acceptors (Lipinski definition) is 8. The second-order valence-electron chi connectivity index (χ2n) is 10.9. The molecule has 12 heteroatoms. The summed E-state index contributed by atoms with van der Waals surface area (Å²) in [6.07, 6.45) is 4.42. The van der Waals surface area contributed by atoms with Crippen LogP contribution in [0.2, 0.25) is 0 Å². The molecular formula is C34H32N4O5S3. The molecule has 3 aromatic carbocycles. The van der Waals surface area contributed by atoms with E-state index in [9.17, 15) is 18.0 Å². The van der Waals surface area contributed by atoms with Crippen molar-refractivity contribution in [3.05, 3.63) is 107 Å². The predicted molar refractivity (Wildman–Crippen MR) is 182 cm³/mol. The molecule has 236 valence electrons. The first-order chi connectivity index (χ1) is 22.2. The highest BCUT2D eigenvalue weighted by Gasteiger charge is 2.34. The van der Waals surface area contributed by atoms with Crippen LogP contribution < -0.4 is 0 Å². The Hall–Kier alpha value is -4.10. The van der Waals surface area contributed by atoms with Crippen LogP contribution in [0.3, 0.4) is 0 Å². The van der Waals surface area contributed by atoms with Gasteiger partial charge in [0.25, 0.3) is 5.91 Å². The van der Waals surface area contributed by atoms with Gasteiger partial charge in [-0.2, -0.15) is 9.40 Å². The predicted octanol–water partition coefficient (Wildman–Crippen LogP) is 5.90. The summed E-state index contributed by atoms with van der Waals surface area (Å²) in [6, 6.07) is 25.9. The first kappa shape index (κ1) is 31.9. The van der Waals surface area contributed by atoms with Crippen LogP contribution in [0.5, 0.6) is 0 Å². The van der Waals surface area contributed by atoms with Crippen molar-refractivity contribution in [2.75, 3.05) is 19.7 Å². The smallest absolute Gasteiger partial charge is 0.309 e. The molecule has 0 N–H and O–H groups in total. The number of benzene rings is 3. The third-order valence-corrected chi connectivity index (χ3v) is 11.2. The number of thioether (sulfide) groups is 1. The van der Waals surface area contributed by atoms with Gasteiger partial charge in [0, 0.05) is 30.4 Å². The third kappa shape index (κ3) is 6.70. The van der Waals surface area contributed by atoms with Crippen LogP contribution >= 0.6 is 24.0 Å². The van der Waals surface area contributed by atoms with Crippen LogP contribution in [0.25, 0.3) is 23.0 Å². The fourth-order valence-electron chi connectivity index (χ4n) is 5.52. The average molecular weight is 673 g/mol. The Bertz CT molecular complexity index is 1900. The molecule has 0 aliphatic carbocycles. The maximum atomic E-state index is 13.7. The Morgan fingerprint density at radius 3 is 2.41 bits per heavy atom. The van der Waals surface area contributed by atoms with E-state index in [0.29, 0.717) is 52.0 Å². The maximum absolute atomic E-state index is 13.7. The Morgan fingerprint density at radius 1 is 1.02 bits per heavy atom. The summed E-state index contributed by atoms with van der Waals surface area (Å²) < 4.78 is 36.2. The van der Waals surface area contributed by atoms with Crippen molar-refractivity contribution in [3.8, 4) is 16.9 Å². The molecule has 9 nitrogen and oxygen atoms in total. The van der Waals surface area contributed by atoms with Gasteiger partial charge in [0.2, 0.25) is 10.0 Å². The molecule has 0 spiro atoms. The standard InChI is InChI=1S/C34H32N4O5S3/c1-2-43-33(40)25-16-18-36(19-17-25)46(41,42)29-15-9-12-26(20-29)31-27(23-38(35-31)28-13-7-4-8-14-28)21-30-32(39)37(34(44)45-30)22-24-10-5-3-6-11-24/h3-15,20-21,23,25H,2,16-19,22H2,1H3/b30-21-. The van der Waals surface area contributed by atoms with Gasteiger partial charge in [-0.1, -0.05) is 84.6 Å². The molecule has 3 heterocycles. The SMILES string of the molecule is CCOC(=O)C1CCN(S(=O)(=O)c2cccc(-c3nn(-c4ccccc4)cc3/C=C3\SC(=S)N(Cc4ccccc4)C3=O)c2)CC1. The fraction of sp³-hybridized carbons (Fsp3) is 0.235. The van der Waals surface area contributed by atoms with Gasteiger partial charge in [0.15, 0.2) is 0 Å². The van der Waals surface area contributed by atoms with Gasteiger partial charge in [-0.15, -0.1) is 0 Å². The Labute approximate surface area is 277 Å². The van der Waals surface area contributed by atoms with Gasteiger partial charge in [-0.25, -0.2) is 13.1 Å². The zero-order chi connectivity index (χ0) is 32.3. The van der Waals surface area contributed by atoms with Gasteiger partial charge in [0.05, 0.1) is 34.6 Å². The molecule has 46 heavy (non-hydrogen) atoms.